The standard InChI is InChI=1S/C27H26F2N2O3/c28-22-6-1-4-20(14-22)18-31(27(33)21-5-2-7-23(29)16-21)24-11-9-19(10-12-24)15-26(32)30-17-25-8-3-13-34-25/h1-2,4-7,9-12,14,16,25H,3,8,13,15,17-18H2,(H,30,32)/t25-/m0/s1. The Morgan fingerprint density at radius 1 is 0.941 bits per heavy atom. The minimum atomic E-state index is -0.513. The van der Waals surface area contributed by atoms with E-state index >= 15 is 0 Å². The van der Waals surface area contributed by atoms with Gasteiger partial charge in [0.05, 0.1) is 19.1 Å². The molecular weight excluding hydrogens is 438 g/mol. The highest BCUT2D eigenvalue weighted by atomic mass is 19.1. The number of carbonyl (C=O) groups excluding carboxylic acids is 2. The molecule has 7 heteroatoms. The number of nitrogens with one attached hydrogen (secondary N) is 1. The third-order valence-electron chi connectivity index (χ3n) is 5.71. The summed E-state index contributed by atoms with van der Waals surface area (Å²) in [6.07, 6.45) is 2.25. The molecule has 1 N–H and O–H groups in total. The van der Waals surface area contributed by atoms with E-state index in [9.17, 15) is 18.4 Å². The first-order valence-electron chi connectivity index (χ1n) is 11.3. The summed E-state index contributed by atoms with van der Waals surface area (Å²) in [5, 5.41) is 2.89. The largest absolute Gasteiger partial charge is 0.376 e. The van der Waals surface area contributed by atoms with Crippen molar-refractivity contribution in [1.82, 2.24) is 5.32 Å². The van der Waals surface area contributed by atoms with Gasteiger partial charge >= 0.3 is 0 Å². The van der Waals surface area contributed by atoms with Crippen LogP contribution in [0.5, 0.6) is 0 Å². The average Bonchev–Trinajstić information content (AvgIpc) is 3.35. The smallest absolute Gasteiger partial charge is 0.258 e. The molecule has 5 nitrogen and oxygen atoms in total. The van der Waals surface area contributed by atoms with E-state index in [1.165, 1.54) is 41.3 Å². The lowest BCUT2D eigenvalue weighted by Crippen LogP contribution is -2.32. The lowest BCUT2D eigenvalue weighted by Gasteiger charge is -2.23. The average molecular weight is 465 g/mol. The number of anilines is 1. The Bertz CT molecular complexity index is 1140. The van der Waals surface area contributed by atoms with E-state index in [-0.39, 0.29) is 30.5 Å². The van der Waals surface area contributed by atoms with E-state index in [2.05, 4.69) is 5.32 Å². The number of hydrogen-bond acceptors (Lipinski definition) is 3. The molecule has 1 aliphatic rings. The lowest BCUT2D eigenvalue weighted by molar-refractivity contribution is -0.120. The zero-order valence-electron chi connectivity index (χ0n) is 18.7. The Labute approximate surface area is 197 Å². The molecule has 1 saturated heterocycles. The highest BCUT2D eigenvalue weighted by Crippen LogP contribution is 2.22. The van der Waals surface area contributed by atoms with Crippen LogP contribution in [0.15, 0.2) is 72.8 Å². The van der Waals surface area contributed by atoms with Gasteiger partial charge in [0.2, 0.25) is 5.91 Å². The van der Waals surface area contributed by atoms with Crippen LogP contribution in [0.3, 0.4) is 0 Å². The molecule has 3 aromatic rings. The van der Waals surface area contributed by atoms with Gasteiger partial charge in [0, 0.05) is 24.4 Å². The van der Waals surface area contributed by atoms with Crippen molar-refractivity contribution in [2.75, 3.05) is 18.1 Å². The summed E-state index contributed by atoms with van der Waals surface area (Å²) < 4.78 is 33.0. The van der Waals surface area contributed by atoms with Crippen LogP contribution in [0.2, 0.25) is 0 Å². The first-order valence-corrected chi connectivity index (χ1v) is 11.3. The van der Waals surface area contributed by atoms with Crippen molar-refractivity contribution in [3.05, 3.63) is 101 Å². The molecule has 0 saturated carbocycles. The van der Waals surface area contributed by atoms with E-state index in [0.717, 1.165) is 25.0 Å². The van der Waals surface area contributed by atoms with Crippen LogP contribution in [-0.2, 0) is 22.5 Å². The van der Waals surface area contributed by atoms with Crippen LogP contribution < -0.4 is 10.2 Å². The molecule has 0 unspecified atom stereocenters. The molecule has 1 aliphatic heterocycles. The number of halogens is 2. The lowest BCUT2D eigenvalue weighted by atomic mass is 10.1. The van der Waals surface area contributed by atoms with Gasteiger partial charge in [-0.25, -0.2) is 8.78 Å². The third-order valence-corrected chi connectivity index (χ3v) is 5.71. The normalized spacial score (nSPS) is 15.2. The summed E-state index contributed by atoms with van der Waals surface area (Å²) in [6.45, 7) is 1.34. The second-order valence-electron chi connectivity index (χ2n) is 8.31. The molecule has 0 bridgehead atoms. The molecule has 176 valence electrons. The van der Waals surface area contributed by atoms with Gasteiger partial charge in [0.1, 0.15) is 11.6 Å². The van der Waals surface area contributed by atoms with Crippen LogP contribution in [0, 0.1) is 11.6 Å². The predicted octanol–water partition coefficient (Wildman–Crippen LogP) is 4.65. The van der Waals surface area contributed by atoms with E-state index in [0.29, 0.717) is 17.8 Å². The maximum Gasteiger partial charge on any atom is 0.258 e. The molecule has 2 amide bonds. The maximum absolute atomic E-state index is 13.7. The first kappa shape index (κ1) is 23.6. The first-order chi connectivity index (χ1) is 16.5. The van der Waals surface area contributed by atoms with Crippen LogP contribution >= 0.6 is 0 Å². The molecule has 0 radical (unpaired) electrons. The minimum Gasteiger partial charge on any atom is -0.376 e. The Kier molecular flexibility index (Phi) is 7.65. The Hall–Kier alpha value is -3.58. The summed E-state index contributed by atoms with van der Waals surface area (Å²) in [5.74, 6) is -1.43. The zero-order valence-corrected chi connectivity index (χ0v) is 18.7. The van der Waals surface area contributed by atoms with Crippen LogP contribution in [0.25, 0.3) is 0 Å². The fourth-order valence-electron chi connectivity index (χ4n) is 3.95. The van der Waals surface area contributed by atoms with Gasteiger partial charge < -0.3 is 15.0 Å². The number of carbonyl (C=O) groups is 2. The quantitative estimate of drug-likeness (QED) is 0.528. The Balaban J connectivity index is 1.49. The number of benzene rings is 3. The fourth-order valence-corrected chi connectivity index (χ4v) is 3.95. The molecular formula is C27H26F2N2O3. The number of rotatable bonds is 8. The van der Waals surface area contributed by atoms with Gasteiger partial charge in [-0.3, -0.25) is 9.59 Å². The molecule has 0 aliphatic carbocycles. The van der Waals surface area contributed by atoms with Crippen molar-refractivity contribution in [3.63, 3.8) is 0 Å². The van der Waals surface area contributed by atoms with Crippen LogP contribution in [0.4, 0.5) is 14.5 Å². The van der Waals surface area contributed by atoms with E-state index in [4.69, 9.17) is 4.74 Å². The SMILES string of the molecule is O=C(Cc1ccc(N(Cc2cccc(F)c2)C(=O)c2cccc(F)c2)cc1)NC[C@@H]1CCCO1. The zero-order chi connectivity index (χ0) is 23.9. The van der Waals surface area contributed by atoms with E-state index in [1.807, 2.05) is 0 Å². The molecule has 4 rings (SSSR count). The summed E-state index contributed by atoms with van der Waals surface area (Å²) in [7, 11) is 0. The van der Waals surface area contributed by atoms with Crippen molar-refractivity contribution < 1.29 is 23.1 Å². The van der Waals surface area contributed by atoms with Crippen molar-refractivity contribution >= 4 is 17.5 Å². The number of amides is 2. The van der Waals surface area contributed by atoms with Gasteiger partial charge in [-0.2, -0.15) is 0 Å². The molecule has 3 aromatic carbocycles. The predicted molar refractivity (Wildman–Crippen MR) is 125 cm³/mol. The van der Waals surface area contributed by atoms with Crippen molar-refractivity contribution in [1.29, 1.82) is 0 Å². The van der Waals surface area contributed by atoms with Gasteiger partial charge in [-0.05, 0) is 66.4 Å². The van der Waals surface area contributed by atoms with Gasteiger partial charge in [0.25, 0.3) is 5.91 Å². The van der Waals surface area contributed by atoms with Crippen LogP contribution in [0.1, 0.15) is 34.3 Å². The third kappa shape index (κ3) is 6.26. The van der Waals surface area contributed by atoms with E-state index in [1.54, 1.807) is 36.4 Å². The van der Waals surface area contributed by atoms with Crippen molar-refractivity contribution in [2.24, 2.45) is 0 Å². The Morgan fingerprint density at radius 2 is 1.68 bits per heavy atom. The van der Waals surface area contributed by atoms with Crippen molar-refractivity contribution in [3.8, 4) is 0 Å². The number of ether oxygens (including phenoxy) is 1. The fraction of sp³-hybridized carbons (Fsp3) is 0.259. The maximum atomic E-state index is 13.7. The molecule has 1 heterocycles. The topological polar surface area (TPSA) is 58.6 Å². The summed E-state index contributed by atoms with van der Waals surface area (Å²) in [5.41, 5.74) is 2.14. The number of hydrogen-bond donors (Lipinski definition) is 1. The van der Waals surface area contributed by atoms with Gasteiger partial charge in [-0.1, -0.05) is 30.3 Å². The molecule has 34 heavy (non-hydrogen) atoms. The summed E-state index contributed by atoms with van der Waals surface area (Å²) >= 11 is 0. The van der Waals surface area contributed by atoms with Gasteiger partial charge in [0.15, 0.2) is 0 Å². The second-order valence-corrected chi connectivity index (χ2v) is 8.31. The summed E-state index contributed by atoms with van der Waals surface area (Å²) in [6, 6.07) is 18.5. The molecule has 1 atom stereocenters. The van der Waals surface area contributed by atoms with Gasteiger partial charge in [-0.15, -0.1) is 0 Å². The highest BCUT2D eigenvalue weighted by Gasteiger charge is 2.20. The molecule has 0 spiro atoms. The monoisotopic (exact) mass is 464 g/mol. The van der Waals surface area contributed by atoms with E-state index < -0.39 is 17.5 Å². The summed E-state index contributed by atoms with van der Waals surface area (Å²) in [4.78, 5) is 27.0. The van der Waals surface area contributed by atoms with Crippen LogP contribution in [-0.4, -0.2) is 31.1 Å². The molecule has 1 fully saturated rings. The highest BCUT2D eigenvalue weighted by molar-refractivity contribution is 6.06. The Morgan fingerprint density at radius 3 is 2.35 bits per heavy atom. The molecule has 0 aromatic heterocycles. The number of nitrogens with zero attached hydrogens (tertiary/aromatic N) is 1. The minimum absolute atomic E-state index is 0.0801. The second kappa shape index (κ2) is 11.0. The van der Waals surface area contributed by atoms with Crippen molar-refractivity contribution in [2.45, 2.75) is 31.9 Å².